The van der Waals surface area contributed by atoms with Crippen LogP contribution >= 0.6 is 12.2 Å². The van der Waals surface area contributed by atoms with E-state index >= 15 is 0 Å². The van der Waals surface area contributed by atoms with Gasteiger partial charge in [-0.25, -0.2) is 0 Å². The molecule has 0 aromatic carbocycles. The van der Waals surface area contributed by atoms with Crippen molar-refractivity contribution < 1.29 is 4.74 Å². The van der Waals surface area contributed by atoms with E-state index in [2.05, 4.69) is 27.4 Å². The lowest BCUT2D eigenvalue weighted by Crippen LogP contribution is -1.87. The van der Waals surface area contributed by atoms with Gasteiger partial charge >= 0.3 is 0 Å². The number of thiocarbonyl (C=S) groups is 1. The summed E-state index contributed by atoms with van der Waals surface area (Å²) in [4.78, 5) is 7.90. The fourth-order valence-corrected chi connectivity index (χ4v) is 0.973. The van der Waals surface area contributed by atoms with Gasteiger partial charge in [-0.2, -0.15) is 4.99 Å². The SMILES string of the molecule is COc1ccnc(C)c1N=C=S. The van der Waals surface area contributed by atoms with Gasteiger partial charge in [-0.1, -0.05) is 0 Å². The Labute approximate surface area is 76.1 Å². The number of hydrogen-bond acceptors (Lipinski definition) is 4. The van der Waals surface area contributed by atoms with Crippen molar-refractivity contribution in [3.8, 4) is 5.75 Å². The first-order valence-corrected chi connectivity index (χ1v) is 3.78. The van der Waals surface area contributed by atoms with E-state index in [1.54, 1.807) is 19.4 Å². The quantitative estimate of drug-likeness (QED) is 0.516. The molecule has 1 aromatic heterocycles. The number of aryl methyl sites for hydroxylation is 1. The molecule has 0 aliphatic heterocycles. The number of rotatable bonds is 2. The summed E-state index contributed by atoms with van der Waals surface area (Å²) in [6, 6.07) is 1.73. The van der Waals surface area contributed by atoms with Crippen molar-refractivity contribution in [3.05, 3.63) is 18.0 Å². The average molecular weight is 180 g/mol. The Kier molecular flexibility index (Phi) is 2.91. The van der Waals surface area contributed by atoms with E-state index in [-0.39, 0.29) is 0 Å². The highest BCUT2D eigenvalue weighted by atomic mass is 32.1. The summed E-state index contributed by atoms with van der Waals surface area (Å²) in [6.07, 6.45) is 1.66. The van der Waals surface area contributed by atoms with Crippen LogP contribution in [0.3, 0.4) is 0 Å². The Morgan fingerprint density at radius 1 is 1.67 bits per heavy atom. The van der Waals surface area contributed by atoms with Gasteiger partial charge in [-0.3, -0.25) is 4.98 Å². The van der Waals surface area contributed by atoms with Crippen LogP contribution in [0.15, 0.2) is 17.3 Å². The van der Waals surface area contributed by atoms with Gasteiger partial charge in [0.05, 0.1) is 18.0 Å². The largest absolute Gasteiger partial charge is 0.494 e. The van der Waals surface area contributed by atoms with Crippen LogP contribution in [0.25, 0.3) is 0 Å². The fourth-order valence-electron chi connectivity index (χ4n) is 0.881. The van der Waals surface area contributed by atoms with E-state index in [0.29, 0.717) is 11.4 Å². The molecule has 62 valence electrons. The van der Waals surface area contributed by atoms with Gasteiger partial charge in [0.25, 0.3) is 0 Å². The fraction of sp³-hybridized carbons (Fsp3) is 0.250. The predicted molar refractivity (Wildman–Crippen MR) is 50.2 cm³/mol. The lowest BCUT2D eigenvalue weighted by Gasteiger charge is -2.03. The molecule has 4 heteroatoms. The second-order valence-electron chi connectivity index (χ2n) is 2.15. The number of ether oxygens (including phenoxy) is 1. The first kappa shape index (κ1) is 8.84. The van der Waals surface area contributed by atoms with Gasteiger partial charge in [0.2, 0.25) is 0 Å². The molecule has 0 saturated heterocycles. The zero-order valence-electron chi connectivity index (χ0n) is 6.87. The highest BCUT2D eigenvalue weighted by Crippen LogP contribution is 2.28. The van der Waals surface area contributed by atoms with Crippen LogP contribution in [0.5, 0.6) is 5.75 Å². The molecular formula is C8H8N2OS. The van der Waals surface area contributed by atoms with E-state index < -0.39 is 0 Å². The minimum absolute atomic E-state index is 0.648. The minimum atomic E-state index is 0.648. The maximum absolute atomic E-state index is 5.06. The molecule has 0 unspecified atom stereocenters. The number of pyridine rings is 1. The third kappa shape index (κ3) is 1.67. The first-order valence-electron chi connectivity index (χ1n) is 3.37. The summed E-state index contributed by atoms with van der Waals surface area (Å²) < 4.78 is 5.06. The summed E-state index contributed by atoms with van der Waals surface area (Å²) in [5.41, 5.74) is 1.43. The Hall–Kier alpha value is -1.25. The molecule has 0 aliphatic carbocycles. The van der Waals surface area contributed by atoms with Gasteiger partial charge in [0.1, 0.15) is 11.4 Å². The molecule has 0 spiro atoms. The van der Waals surface area contributed by atoms with Crippen molar-refractivity contribution in [3.63, 3.8) is 0 Å². The van der Waals surface area contributed by atoms with Crippen LogP contribution in [0.1, 0.15) is 5.69 Å². The summed E-state index contributed by atoms with van der Waals surface area (Å²) in [5, 5.41) is 2.29. The van der Waals surface area contributed by atoms with Crippen LogP contribution in [-0.4, -0.2) is 17.3 Å². The molecule has 0 amide bonds. The van der Waals surface area contributed by atoms with Gasteiger partial charge in [-0.15, -0.1) is 0 Å². The van der Waals surface area contributed by atoms with Crippen LogP contribution < -0.4 is 4.74 Å². The highest BCUT2D eigenvalue weighted by molar-refractivity contribution is 7.78. The number of aliphatic imine (C=N–C) groups is 1. The Morgan fingerprint density at radius 2 is 2.42 bits per heavy atom. The van der Waals surface area contributed by atoms with Crippen molar-refractivity contribution >= 4 is 23.1 Å². The highest BCUT2D eigenvalue weighted by Gasteiger charge is 2.03. The summed E-state index contributed by atoms with van der Waals surface area (Å²) in [5.74, 6) is 0.667. The summed E-state index contributed by atoms with van der Waals surface area (Å²) in [6.45, 7) is 1.84. The summed E-state index contributed by atoms with van der Waals surface area (Å²) >= 11 is 4.50. The standard InChI is InChI=1S/C8H8N2OS/c1-6-8(10-5-12)7(11-2)3-4-9-6/h3-4H,1-2H3. The Balaban J connectivity index is 3.28. The van der Waals surface area contributed by atoms with Gasteiger partial charge in [0.15, 0.2) is 0 Å². The van der Waals surface area contributed by atoms with Crippen LogP contribution in [-0.2, 0) is 0 Å². The molecule has 0 radical (unpaired) electrons. The molecule has 3 nitrogen and oxygen atoms in total. The van der Waals surface area contributed by atoms with E-state index in [1.165, 1.54) is 0 Å². The second kappa shape index (κ2) is 3.95. The molecule has 0 bridgehead atoms. The normalized spacial score (nSPS) is 8.83. The second-order valence-corrected chi connectivity index (χ2v) is 2.33. The van der Waals surface area contributed by atoms with E-state index in [1.807, 2.05) is 6.92 Å². The van der Waals surface area contributed by atoms with E-state index in [9.17, 15) is 0 Å². The first-order chi connectivity index (χ1) is 5.79. The summed E-state index contributed by atoms with van der Waals surface area (Å²) in [7, 11) is 1.58. The van der Waals surface area contributed by atoms with Crippen molar-refractivity contribution in [2.45, 2.75) is 6.92 Å². The smallest absolute Gasteiger partial charge is 0.148 e. The molecule has 1 aromatic rings. The molecule has 0 aliphatic rings. The molecule has 1 heterocycles. The minimum Gasteiger partial charge on any atom is -0.494 e. The maximum atomic E-state index is 5.06. The average Bonchev–Trinajstić information content (AvgIpc) is 2.09. The molecule has 0 saturated carbocycles. The molecule has 1 rings (SSSR count). The lowest BCUT2D eigenvalue weighted by molar-refractivity contribution is 0.415. The number of hydrogen-bond donors (Lipinski definition) is 0. The van der Waals surface area contributed by atoms with Crippen molar-refractivity contribution in [2.24, 2.45) is 4.99 Å². The lowest BCUT2D eigenvalue weighted by atomic mass is 10.3. The van der Waals surface area contributed by atoms with E-state index in [0.717, 1.165) is 5.69 Å². The number of isothiocyanates is 1. The number of aromatic nitrogens is 1. The number of nitrogens with zero attached hydrogens (tertiary/aromatic N) is 2. The van der Waals surface area contributed by atoms with Crippen molar-refractivity contribution in [1.82, 2.24) is 4.98 Å². The van der Waals surface area contributed by atoms with Crippen LogP contribution in [0.4, 0.5) is 5.69 Å². The predicted octanol–water partition coefficient (Wildman–Crippen LogP) is 2.13. The maximum Gasteiger partial charge on any atom is 0.148 e. The Bertz CT molecular complexity index is 332. The third-order valence-corrected chi connectivity index (χ3v) is 1.54. The van der Waals surface area contributed by atoms with Crippen molar-refractivity contribution in [1.29, 1.82) is 0 Å². The van der Waals surface area contributed by atoms with Crippen LogP contribution in [0.2, 0.25) is 0 Å². The topological polar surface area (TPSA) is 34.5 Å². The molecule has 0 fully saturated rings. The van der Waals surface area contributed by atoms with Gasteiger partial charge in [-0.05, 0) is 19.1 Å². The van der Waals surface area contributed by atoms with Gasteiger partial charge < -0.3 is 4.74 Å². The zero-order chi connectivity index (χ0) is 8.97. The third-order valence-electron chi connectivity index (χ3n) is 1.45. The van der Waals surface area contributed by atoms with Gasteiger partial charge in [0, 0.05) is 12.3 Å². The van der Waals surface area contributed by atoms with Crippen molar-refractivity contribution in [2.75, 3.05) is 7.11 Å². The number of methoxy groups -OCH3 is 1. The van der Waals surface area contributed by atoms with Crippen LogP contribution in [0, 0.1) is 6.92 Å². The molecule has 0 N–H and O–H groups in total. The molecule has 0 atom stereocenters. The molecular weight excluding hydrogens is 172 g/mol. The monoisotopic (exact) mass is 180 g/mol. The molecule has 12 heavy (non-hydrogen) atoms. The zero-order valence-corrected chi connectivity index (χ0v) is 7.68. The Morgan fingerprint density at radius 3 is 3.00 bits per heavy atom. The van der Waals surface area contributed by atoms with E-state index in [4.69, 9.17) is 4.74 Å².